The number of aliphatic hydroxyl groups is 2. The van der Waals surface area contributed by atoms with E-state index in [4.69, 9.17) is 14.2 Å². The van der Waals surface area contributed by atoms with Gasteiger partial charge in [-0.2, -0.15) is 0 Å². The largest absolute Gasteiger partial charge is 0.453 e. The summed E-state index contributed by atoms with van der Waals surface area (Å²) in [7, 11) is 1.99. The fraction of sp³-hybridized carbons (Fsp3) is 0.412. The highest BCUT2D eigenvalue weighted by Gasteiger charge is 2.34. The molecule has 0 radical (unpaired) electrons. The monoisotopic (exact) mass is 590 g/mol. The van der Waals surface area contributed by atoms with Crippen LogP contribution in [0.15, 0.2) is 78.9 Å². The third-order valence-corrected chi connectivity index (χ3v) is 7.83. The van der Waals surface area contributed by atoms with Crippen LogP contribution in [-0.4, -0.2) is 58.8 Å². The first-order valence-electron chi connectivity index (χ1n) is 14.6. The SMILES string of the molecule is CC(=O)O[C@@H](C)C(=O)NCc1ccc([C@@H]2O[C@H](CN(C)[C@H](C)[C@@H](O)c3ccccc3)C[C@H](c3ccc(CO)cc3)O2)cc1. The minimum Gasteiger partial charge on any atom is -0.453 e. The summed E-state index contributed by atoms with van der Waals surface area (Å²) >= 11 is 0. The Kier molecular flexibility index (Phi) is 11.4. The van der Waals surface area contributed by atoms with Gasteiger partial charge in [-0.15, -0.1) is 0 Å². The number of nitrogens with one attached hydrogen (secondary N) is 1. The molecule has 0 bridgehead atoms. The topological polar surface area (TPSA) is 118 Å². The van der Waals surface area contributed by atoms with Gasteiger partial charge >= 0.3 is 5.97 Å². The van der Waals surface area contributed by atoms with Crippen LogP contribution in [-0.2, 0) is 37.0 Å². The maximum atomic E-state index is 12.2. The zero-order valence-electron chi connectivity index (χ0n) is 25.2. The number of hydrogen-bond acceptors (Lipinski definition) is 8. The van der Waals surface area contributed by atoms with Crippen molar-refractivity contribution in [3.8, 4) is 0 Å². The van der Waals surface area contributed by atoms with Crippen molar-refractivity contribution in [2.45, 2.75) is 77.1 Å². The molecular weight excluding hydrogens is 548 g/mol. The quantitative estimate of drug-likeness (QED) is 0.267. The maximum absolute atomic E-state index is 12.2. The Hall–Kier alpha value is -3.60. The number of aliphatic hydroxyl groups excluding tert-OH is 2. The lowest BCUT2D eigenvalue weighted by Crippen LogP contribution is -2.43. The number of rotatable bonds is 12. The van der Waals surface area contributed by atoms with E-state index in [1.807, 2.05) is 92.8 Å². The third kappa shape index (κ3) is 8.95. The first-order valence-corrected chi connectivity index (χ1v) is 14.6. The summed E-state index contributed by atoms with van der Waals surface area (Å²) in [6.45, 7) is 5.64. The fourth-order valence-corrected chi connectivity index (χ4v) is 5.12. The number of nitrogens with zero attached hydrogens (tertiary/aromatic N) is 1. The molecular formula is C34H42N2O7. The minimum absolute atomic E-state index is 0.0257. The molecule has 6 atom stereocenters. The van der Waals surface area contributed by atoms with E-state index in [0.29, 0.717) is 13.0 Å². The lowest BCUT2D eigenvalue weighted by Gasteiger charge is -2.39. The summed E-state index contributed by atoms with van der Waals surface area (Å²) in [6, 6.07) is 24.9. The van der Waals surface area contributed by atoms with E-state index >= 15 is 0 Å². The molecule has 0 spiro atoms. The van der Waals surface area contributed by atoms with Gasteiger partial charge in [-0.1, -0.05) is 78.9 Å². The fourth-order valence-electron chi connectivity index (χ4n) is 5.12. The summed E-state index contributed by atoms with van der Waals surface area (Å²) in [5.74, 6) is -0.875. The Morgan fingerprint density at radius 2 is 1.58 bits per heavy atom. The van der Waals surface area contributed by atoms with Crippen LogP contribution in [0.5, 0.6) is 0 Å². The van der Waals surface area contributed by atoms with Crippen molar-refractivity contribution in [3.63, 3.8) is 0 Å². The number of ether oxygens (including phenoxy) is 3. The van der Waals surface area contributed by atoms with Crippen LogP contribution in [0.3, 0.4) is 0 Å². The zero-order valence-corrected chi connectivity index (χ0v) is 25.2. The number of hydrogen-bond donors (Lipinski definition) is 3. The molecule has 9 nitrogen and oxygen atoms in total. The number of benzene rings is 3. The average molecular weight is 591 g/mol. The molecule has 1 amide bonds. The molecule has 1 fully saturated rings. The second kappa shape index (κ2) is 15.2. The molecule has 1 saturated heterocycles. The molecule has 4 rings (SSSR count). The predicted molar refractivity (Wildman–Crippen MR) is 161 cm³/mol. The number of carbonyl (C=O) groups is 2. The van der Waals surface area contributed by atoms with E-state index in [9.17, 15) is 19.8 Å². The van der Waals surface area contributed by atoms with Crippen molar-refractivity contribution in [2.75, 3.05) is 13.6 Å². The van der Waals surface area contributed by atoms with Crippen LogP contribution in [0.2, 0.25) is 0 Å². The van der Waals surface area contributed by atoms with Gasteiger partial charge in [-0.25, -0.2) is 0 Å². The summed E-state index contributed by atoms with van der Waals surface area (Å²) in [4.78, 5) is 25.4. The van der Waals surface area contributed by atoms with E-state index < -0.39 is 24.5 Å². The Morgan fingerprint density at radius 3 is 2.21 bits per heavy atom. The first kappa shape index (κ1) is 32.3. The summed E-state index contributed by atoms with van der Waals surface area (Å²) in [6.07, 6.45) is -1.93. The Morgan fingerprint density at radius 1 is 0.953 bits per heavy atom. The van der Waals surface area contributed by atoms with Crippen molar-refractivity contribution in [2.24, 2.45) is 0 Å². The van der Waals surface area contributed by atoms with E-state index in [-0.39, 0.29) is 37.3 Å². The lowest BCUT2D eigenvalue weighted by molar-refractivity contribution is -0.253. The van der Waals surface area contributed by atoms with Crippen molar-refractivity contribution < 1.29 is 34.0 Å². The molecule has 9 heteroatoms. The van der Waals surface area contributed by atoms with Crippen molar-refractivity contribution >= 4 is 11.9 Å². The van der Waals surface area contributed by atoms with Gasteiger partial charge in [0, 0.05) is 38.0 Å². The number of likely N-dealkylation sites (N-methyl/N-ethyl adjacent to an activating group) is 1. The summed E-state index contributed by atoms with van der Waals surface area (Å²) < 4.78 is 17.9. The molecule has 0 unspecified atom stereocenters. The lowest BCUT2D eigenvalue weighted by atomic mass is 9.98. The molecule has 0 aromatic heterocycles. The first-order chi connectivity index (χ1) is 20.6. The summed E-state index contributed by atoms with van der Waals surface area (Å²) in [5.41, 5.74) is 4.41. The van der Waals surface area contributed by atoms with Crippen LogP contribution in [0, 0.1) is 0 Å². The molecule has 1 aliphatic heterocycles. The highest BCUT2D eigenvalue weighted by Crippen LogP contribution is 2.38. The van der Waals surface area contributed by atoms with E-state index in [1.54, 1.807) is 0 Å². The smallest absolute Gasteiger partial charge is 0.303 e. The molecule has 3 N–H and O–H groups in total. The van der Waals surface area contributed by atoms with Crippen molar-refractivity contribution in [3.05, 3.63) is 107 Å². The van der Waals surface area contributed by atoms with Gasteiger partial charge in [-0.05, 0) is 43.1 Å². The summed E-state index contributed by atoms with van der Waals surface area (Å²) in [5, 5.41) is 23.3. The van der Waals surface area contributed by atoms with Gasteiger partial charge in [0.2, 0.25) is 0 Å². The third-order valence-electron chi connectivity index (χ3n) is 7.83. The van der Waals surface area contributed by atoms with Crippen LogP contribution in [0.4, 0.5) is 0 Å². The number of esters is 1. The van der Waals surface area contributed by atoms with Crippen LogP contribution in [0.25, 0.3) is 0 Å². The molecule has 1 heterocycles. The van der Waals surface area contributed by atoms with E-state index in [1.165, 1.54) is 13.8 Å². The zero-order chi connectivity index (χ0) is 30.9. The van der Waals surface area contributed by atoms with E-state index in [0.717, 1.165) is 27.8 Å². The van der Waals surface area contributed by atoms with E-state index in [2.05, 4.69) is 10.2 Å². The maximum Gasteiger partial charge on any atom is 0.303 e. The molecule has 230 valence electrons. The van der Waals surface area contributed by atoms with Gasteiger partial charge in [0.25, 0.3) is 5.91 Å². The molecule has 43 heavy (non-hydrogen) atoms. The van der Waals surface area contributed by atoms with Gasteiger partial charge in [-0.3, -0.25) is 14.5 Å². The molecule has 0 saturated carbocycles. The van der Waals surface area contributed by atoms with Crippen LogP contribution < -0.4 is 5.32 Å². The molecule has 0 aliphatic carbocycles. The number of amides is 1. The normalized spacial score (nSPS) is 20.7. The Balaban J connectivity index is 1.46. The second-order valence-corrected chi connectivity index (χ2v) is 11.1. The van der Waals surface area contributed by atoms with Crippen LogP contribution >= 0.6 is 0 Å². The van der Waals surface area contributed by atoms with Gasteiger partial charge in [0.15, 0.2) is 12.4 Å². The van der Waals surface area contributed by atoms with Crippen molar-refractivity contribution in [1.29, 1.82) is 0 Å². The standard InChI is InChI=1S/C34H42N2O7/c1-22(32(39)28-8-6-5-7-9-28)36(4)20-30-18-31(27-14-12-26(21-37)13-15-27)43-34(42-30)29-16-10-25(11-17-29)19-35-33(40)23(2)41-24(3)38/h5-17,22-23,30-32,34,37,39H,18-21H2,1-4H3,(H,35,40)/t22-,23+,30+,31-,32-,34-/m1/s1. The number of carbonyl (C=O) groups excluding carboxylic acids is 2. The molecule has 1 aliphatic rings. The minimum atomic E-state index is -0.865. The van der Waals surface area contributed by atoms with Crippen LogP contribution in [0.1, 0.15) is 73.5 Å². The van der Waals surface area contributed by atoms with Gasteiger partial charge in [0.05, 0.1) is 24.9 Å². The second-order valence-electron chi connectivity index (χ2n) is 11.1. The highest BCUT2D eigenvalue weighted by atomic mass is 16.7. The van der Waals surface area contributed by atoms with Crippen molar-refractivity contribution in [1.82, 2.24) is 10.2 Å². The average Bonchev–Trinajstić information content (AvgIpc) is 3.03. The van der Waals surface area contributed by atoms with Gasteiger partial charge in [0.1, 0.15) is 0 Å². The Bertz CT molecular complexity index is 1320. The highest BCUT2D eigenvalue weighted by molar-refractivity contribution is 5.82. The molecule has 3 aromatic carbocycles. The molecule has 3 aromatic rings. The predicted octanol–water partition coefficient (Wildman–Crippen LogP) is 4.35. The van der Waals surface area contributed by atoms with Gasteiger partial charge < -0.3 is 29.7 Å². The Labute approximate surface area is 253 Å².